The molecule has 7 rings (SSSR count). The van der Waals surface area contributed by atoms with E-state index in [2.05, 4.69) is 10.2 Å². The predicted molar refractivity (Wildman–Crippen MR) is 156 cm³/mol. The number of methoxy groups -OCH3 is 1. The number of hydrogen-bond donors (Lipinski definition) is 1. The van der Waals surface area contributed by atoms with Crippen LogP contribution in [0.5, 0.6) is 5.75 Å². The van der Waals surface area contributed by atoms with Crippen LogP contribution >= 0.6 is 0 Å². The number of benzene rings is 4. The van der Waals surface area contributed by atoms with Crippen LogP contribution in [0.2, 0.25) is 0 Å². The van der Waals surface area contributed by atoms with Gasteiger partial charge in [-0.05, 0) is 61.5 Å². The van der Waals surface area contributed by atoms with E-state index in [1.807, 2.05) is 103 Å². The van der Waals surface area contributed by atoms with Gasteiger partial charge in [0.15, 0.2) is 17.5 Å². The minimum absolute atomic E-state index is 0.295. The van der Waals surface area contributed by atoms with Crippen molar-refractivity contribution in [1.82, 2.24) is 9.78 Å². The summed E-state index contributed by atoms with van der Waals surface area (Å²) in [6.45, 7) is 1.95. The number of nitrogens with zero attached hydrogens (tertiary/aromatic N) is 5. The Morgan fingerprint density at radius 1 is 0.825 bits per heavy atom. The first-order chi connectivity index (χ1) is 19.6. The SMILES string of the molecule is COc1ccc(NC2=Nc3ccccc3N3C2=Nc2c(c(C)nn2-c2ccccc2)[C@H]3c2ccccc2F)cc1. The fraction of sp³-hybridized carbons (Fsp3) is 0.0938. The molecular weight excluding hydrogens is 503 g/mol. The Morgan fingerprint density at radius 3 is 2.33 bits per heavy atom. The number of halogens is 1. The molecule has 4 aromatic carbocycles. The molecule has 0 aliphatic carbocycles. The van der Waals surface area contributed by atoms with E-state index in [1.165, 1.54) is 6.07 Å². The molecule has 40 heavy (non-hydrogen) atoms. The molecule has 2 aliphatic heterocycles. The minimum atomic E-state index is -0.523. The number of ether oxygens (including phenoxy) is 1. The Labute approximate surface area is 230 Å². The lowest BCUT2D eigenvalue weighted by molar-refractivity contribution is 0.415. The fourth-order valence-corrected chi connectivity index (χ4v) is 5.35. The molecule has 0 radical (unpaired) electrons. The van der Waals surface area contributed by atoms with Gasteiger partial charge in [0.25, 0.3) is 0 Å². The summed E-state index contributed by atoms with van der Waals surface area (Å²) in [7, 11) is 1.64. The Balaban J connectivity index is 1.49. The van der Waals surface area contributed by atoms with Crippen molar-refractivity contribution < 1.29 is 9.13 Å². The monoisotopic (exact) mass is 528 g/mol. The maximum absolute atomic E-state index is 15.6. The van der Waals surface area contributed by atoms with Gasteiger partial charge >= 0.3 is 0 Å². The second-order valence-corrected chi connectivity index (χ2v) is 9.60. The number of aliphatic imine (C=N–C) groups is 2. The molecule has 0 saturated heterocycles. The Morgan fingerprint density at radius 2 is 1.55 bits per heavy atom. The highest BCUT2D eigenvalue weighted by Crippen LogP contribution is 2.48. The van der Waals surface area contributed by atoms with Crippen LogP contribution < -0.4 is 15.0 Å². The van der Waals surface area contributed by atoms with Crippen LogP contribution in [0.25, 0.3) is 5.69 Å². The van der Waals surface area contributed by atoms with Crippen molar-refractivity contribution in [3.8, 4) is 11.4 Å². The van der Waals surface area contributed by atoms with Crippen LogP contribution in [0, 0.1) is 12.7 Å². The molecule has 0 fully saturated rings. The van der Waals surface area contributed by atoms with Gasteiger partial charge in [0.2, 0.25) is 0 Å². The van der Waals surface area contributed by atoms with E-state index in [-0.39, 0.29) is 5.82 Å². The van der Waals surface area contributed by atoms with Crippen molar-refractivity contribution in [2.24, 2.45) is 9.98 Å². The summed E-state index contributed by atoms with van der Waals surface area (Å²) in [5, 5.41) is 8.35. The maximum atomic E-state index is 15.6. The third kappa shape index (κ3) is 3.84. The molecule has 1 atom stereocenters. The van der Waals surface area contributed by atoms with Crippen molar-refractivity contribution >= 4 is 34.6 Å². The molecule has 196 valence electrons. The van der Waals surface area contributed by atoms with Crippen molar-refractivity contribution in [2.75, 3.05) is 17.3 Å². The summed E-state index contributed by atoms with van der Waals surface area (Å²) in [6, 6.07) is 31.7. The number of anilines is 2. The van der Waals surface area contributed by atoms with Crippen molar-refractivity contribution in [3.05, 3.63) is 126 Å². The molecule has 7 nitrogen and oxygen atoms in total. The van der Waals surface area contributed by atoms with Crippen LogP contribution in [0.4, 0.5) is 27.3 Å². The first-order valence-electron chi connectivity index (χ1n) is 13.0. The zero-order valence-corrected chi connectivity index (χ0v) is 21.9. The van der Waals surface area contributed by atoms with Gasteiger partial charge < -0.3 is 15.0 Å². The third-order valence-corrected chi connectivity index (χ3v) is 7.19. The molecule has 0 amide bonds. The fourth-order valence-electron chi connectivity index (χ4n) is 5.35. The number of aromatic nitrogens is 2. The predicted octanol–water partition coefficient (Wildman–Crippen LogP) is 7.12. The van der Waals surface area contributed by atoms with Crippen molar-refractivity contribution in [3.63, 3.8) is 0 Å². The average Bonchev–Trinajstić information content (AvgIpc) is 3.33. The number of aryl methyl sites for hydroxylation is 1. The number of hydrogen-bond acceptors (Lipinski definition) is 6. The Hall–Kier alpha value is -5.24. The minimum Gasteiger partial charge on any atom is -0.497 e. The first kappa shape index (κ1) is 23.8. The summed E-state index contributed by atoms with van der Waals surface area (Å²) in [4.78, 5) is 12.2. The highest BCUT2D eigenvalue weighted by atomic mass is 19.1. The zero-order chi connectivity index (χ0) is 27.2. The van der Waals surface area contributed by atoms with E-state index in [0.29, 0.717) is 23.1 Å². The van der Waals surface area contributed by atoms with Gasteiger partial charge in [-0.2, -0.15) is 5.10 Å². The van der Waals surface area contributed by atoms with Crippen LogP contribution in [0.15, 0.2) is 113 Å². The van der Waals surface area contributed by atoms with Crippen LogP contribution in [0.3, 0.4) is 0 Å². The Bertz CT molecular complexity index is 1790. The van der Waals surface area contributed by atoms with E-state index in [9.17, 15) is 0 Å². The summed E-state index contributed by atoms with van der Waals surface area (Å²) < 4.78 is 22.8. The molecule has 0 unspecified atom stereocenters. The van der Waals surface area contributed by atoms with Crippen LogP contribution in [0.1, 0.15) is 22.9 Å². The largest absolute Gasteiger partial charge is 0.497 e. The molecule has 1 aromatic heterocycles. The van der Waals surface area contributed by atoms with Gasteiger partial charge in [0, 0.05) is 16.8 Å². The third-order valence-electron chi connectivity index (χ3n) is 7.19. The summed E-state index contributed by atoms with van der Waals surface area (Å²) in [6.07, 6.45) is 0. The summed E-state index contributed by atoms with van der Waals surface area (Å²) >= 11 is 0. The van der Waals surface area contributed by atoms with Crippen LogP contribution in [-0.2, 0) is 0 Å². The number of fused-ring (bicyclic) bond motifs is 4. The number of amidine groups is 2. The standard InChI is InChI=1S/C32H25FN6O/c1-20-28-29(24-12-6-7-13-25(24)33)38-27-15-9-8-14-26(27)35-30(34-21-16-18-23(40-2)19-17-21)32(38)36-31(28)39(37-20)22-10-4-3-5-11-22/h3-19,29H,1-2H3,(H,34,35)/t29-/m1/s1. The highest BCUT2D eigenvalue weighted by Gasteiger charge is 2.42. The molecule has 0 spiro atoms. The molecule has 8 heteroatoms. The molecule has 0 saturated carbocycles. The van der Waals surface area contributed by atoms with Gasteiger partial charge in [-0.1, -0.05) is 48.5 Å². The van der Waals surface area contributed by atoms with E-state index < -0.39 is 6.04 Å². The molecule has 3 heterocycles. The van der Waals surface area contributed by atoms with Gasteiger partial charge in [-0.25, -0.2) is 19.1 Å². The highest BCUT2D eigenvalue weighted by molar-refractivity contribution is 6.51. The van der Waals surface area contributed by atoms with Crippen molar-refractivity contribution in [1.29, 1.82) is 0 Å². The van der Waals surface area contributed by atoms with Gasteiger partial charge in [-0.15, -0.1) is 0 Å². The second-order valence-electron chi connectivity index (χ2n) is 9.60. The molecule has 2 aliphatic rings. The molecular formula is C32H25FN6O. The number of rotatable bonds is 4. The van der Waals surface area contributed by atoms with E-state index in [1.54, 1.807) is 13.2 Å². The normalized spacial score (nSPS) is 15.4. The van der Waals surface area contributed by atoms with E-state index in [4.69, 9.17) is 19.8 Å². The molecule has 1 N–H and O–H groups in total. The Kier molecular flexibility index (Phi) is 5.66. The smallest absolute Gasteiger partial charge is 0.179 e. The number of nitrogens with one attached hydrogen (secondary N) is 1. The summed E-state index contributed by atoms with van der Waals surface area (Å²) in [5.41, 5.74) is 5.45. The quantitative estimate of drug-likeness (QED) is 0.270. The average molecular weight is 529 g/mol. The maximum Gasteiger partial charge on any atom is 0.179 e. The van der Waals surface area contributed by atoms with Gasteiger partial charge in [0.05, 0.1) is 35.9 Å². The molecule has 0 bridgehead atoms. The second kappa shape index (κ2) is 9.50. The van der Waals surface area contributed by atoms with Crippen molar-refractivity contribution in [2.45, 2.75) is 13.0 Å². The lowest BCUT2D eigenvalue weighted by Crippen LogP contribution is -2.46. The lowest BCUT2D eigenvalue weighted by atomic mass is 9.93. The van der Waals surface area contributed by atoms with E-state index in [0.717, 1.165) is 39.8 Å². The zero-order valence-electron chi connectivity index (χ0n) is 21.9. The first-order valence-corrected chi connectivity index (χ1v) is 13.0. The lowest BCUT2D eigenvalue weighted by Gasteiger charge is -2.40. The summed E-state index contributed by atoms with van der Waals surface area (Å²) in [5.74, 6) is 2.23. The molecule has 5 aromatic rings. The van der Waals surface area contributed by atoms with E-state index >= 15 is 4.39 Å². The number of para-hydroxylation sites is 3. The topological polar surface area (TPSA) is 67.0 Å². The van der Waals surface area contributed by atoms with Gasteiger partial charge in [0.1, 0.15) is 11.6 Å². The van der Waals surface area contributed by atoms with Gasteiger partial charge in [-0.3, -0.25) is 0 Å². The van der Waals surface area contributed by atoms with Crippen LogP contribution in [-0.4, -0.2) is 28.6 Å².